The standard InChI is InChI=1S/C7H9N3O2.ClH/c1-10(2)7-8-3-5(4-9-7)6(11)12;/h3-4H,1-2H3,(H,11,12);1H. The summed E-state index contributed by atoms with van der Waals surface area (Å²) in [4.78, 5) is 19.8. The molecule has 1 aromatic rings. The molecule has 0 aliphatic rings. The number of hydrogen-bond donors (Lipinski definition) is 1. The topological polar surface area (TPSA) is 66.3 Å². The van der Waals surface area contributed by atoms with Gasteiger partial charge in [-0.05, 0) is 0 Å². The zero-order valence-corrected chi connectivity index (χ0v) is 8.08. The van der Waals surface area contributed by atoms with Crippen LogP contribution in [0.1, 0.15) is 10.4 Å². The van der Waals surface area contributed by atoms with Crippen LogP contribution < -0.4 is 4.90 Å². The molecule has 72 valence electrons. The normalized spacial score (nSPS) is 8.77. The molecule has 1 aromatic heterocycles. The zero-order chi connectivity index (χ0) is 9.14. The van der Waals surface area contributed by atoms with Gasteiger partial charge in [-0.1, -0.05) is 0 Å². The predicted molar refractivity (Wildman–Crippen MR) is 50.6 cm³/mol. The number of rotatable bonds is 2. The maximum absolute atomic E-state index is 10.4. The third kappa shape index (κ3) is 2.87. The highest BCUT2D eigenvalue weighted by Gasteiger charge is 2.04. The van der Waals surface area contributed by atoms with Crippen LogP contribution in [0.5, 0.6) is 0 Å². The number of halogens is 1. The van der Waals surface area contributed by atoms with Gasteiger partial charge in [0.2, 0.25) is 5.95 Å². The quantitative estimate of drug-likeness (QED) is 0.765. The van der Waals surface area contributed by atoms with Crippen LogP contribution in [0.2, 0.25) is 0 Å². The summed E-state index contributed by atoms with van der Waals surface area (Å²) in [7, 11) is 3.57. The molecule has 0 aliphatic carbocycles. The molecule has 0 aliphatic heterocycles. The SMILES string of the molecule is CN(C)c1ncc(C(=O)O)cn1.Cl. The van der Waals surface area contributed by atoms with Crippen LogP contribution in [0.15, 0.2) is 12.4 Å². The molecule has 0 unspecified atom stereocenters. The summed E-state index contributed by atoms with van der Waals surface area (Å²) < 4.78 is 0. The smallest absolute Gasteiger partial charge is 0.338 e. The van der Waals surface area contributed by atoms with Gasteiger partial charge in [0, 0.05) is 26.5 Å². The van der Waals surface area contributed by atoms with Gasteiger partial charge >= 0.3 is 5.97 Å². The van der Waals surface area contributed by atoms with Gasteiger partial charge in [0.15, 0.2) is 0 Å². The zero-order valence-electron chi connectivity index (χ0n) is 7.26. The second-order valence-electron chi connectivity index (χ2n) is 2.47. The Morgan fingerprint density at radius 1 is 1.38 bits per heavy atom. The van der Waals surface area contributed by atoms with Crippen LogP contribution in [-0.4, -0.2) is 35.1 Å². The summed E-state index contributed by atoms with van der Waals surface area (Å²) in [5, 5.41) is 8.52. The summed E-state index contributed by atoms with van der Waals surface area (Å²) in [6.07, 6.45) is 2.56. The average molecular weight is 204 g/mol. The molecule has 1 rings (SSSR count). The molecule has 0 aromatic carbocycles. The van der Waals surface area contributed by atoms with Crippen LogP contribution in [0, 0.1) is 0 Å². The van der Waals surface area contributed by atoms with Crippen molar-refractivity contribution in [1.29, 1.82) is 0 Å². The van der Waals surface area contributed by atoms with Crippen LogP contribution in [0.4, 0.5) is 5.95 Å². The van der Waals surface area contributed by atoms with Crippen molar-refractivity contribution >= 4 is 24.3 Å². The fraction of sp³-hybridized carbons (Fsp3) is 0.286. The van der Waals surface area contributed by atoms with Gasteiger partial charge in [-0.25, -0.2) is 14.8 Å². The lowest BCUT2D eigenvalue weighted by molar-refractivity contribution is 0.0696. The number of carboxylic acid groups (broad SMARTS) is 1. The minimum Gasteiger partial charge on any atom is -0.478 e. The van der Waals surface area contributed by atoms with Crippen LogP contribution in [0.3, 0.4) is 0 Å². The highest BCUT2D eigenvalue weighted by atomic mass is 35.5. The third-order valence-electron chi connectivity index (χ3n) is 1.29. The molecule has 0 saturated heterocycles. The molecule has 0 spiro atoms. The van der Waals surface area contributed by atoms with Crippen molar-refractivity contribution in [3.05, 3.63) is 18.0 Å². The van der Waals surface area contributed by atoms with Gasteiger partial charge in [0.25, 0.3) is 0 Å². The molecule has 1 N–H and O–H groups in total. The lowest BCUT2D eigenvalue weighted by atomic mass is 10.3. The number of hydrogen-bond acceptors (Lipinski definition) is 4. The molecule has 13 heavy (non-hydrogen) atoms. The third-order valence-corrected chi connectivity index (χ3v) is 1.29. The van der Waals surface area contributed by atoms with E-state index in [0.29, 0.717) is 5.95 Å². The van der Waals surface area contributed by atoms with E-state index < -0.39 is 5.97 Å². The van der Waals surface area contributed by atoms with E-state index in [1.54, 1.807) is 19.0 Å². The van der Waals surface area contributed by atoms with Crippen molar-refractivity contribution in [3.8, 4) is 0 Å². The maximum Gasteiger partial charge on any atom is 0.338 e. The Morgan fingerprint density at radius 3 is 2.15 bits per heavy atom. The van der Waals surface area contributed by atoms with Crippen molar-refractivity contribution in [2.24, 2.45) is 0 Å². The van der Waals surface area contributed by atoms with Gasteiger partial charge < -0.3 is 10.0 Å². The van der Waals surface area contributed by atoms with Gasteiger partial charge in [0.1, 0.15) is 0 Å². The summed E-state index contributed by atoms with van der Waals surface area (Å²) in [5.74, 6) is -0.514. The Bertz CT molecular complexity index is 286. The monoisotopic (exact) mass is 203 g/mol. The van der Waals surface area contributed by atoms with Gasteiger partial charge in [-0.15, -0.1) is 12.4 Å². The first-order valence-corrected chi connectivity index (χ1v) is 3.34. The highest BCUT2D eigenvalue weighted by molar-refractivity contribution is 5.86. The maximum atomic E-state index is 10.4. The van der Waals surface area contributed by atoms with E-state index in [-0.39, 0.29) is 18.0 Å². The number of aromatic carboxylic acids is 1. The summed E-state index contributed by atoms with van der Waals surface area (Å²) in [5.41, 5.74) is 0.0978. The van der Waals surface area contributed by atoms with Gasteiger partial charge in [-0.2, -0.15) is 0 Å². The molecule has 0 amide bonds. The van der Waals surface area contributed by atoms with Crippen molar-refractivity contribution in [3.63, 3.8) is 0 Å². The Labute approximate surface area is 81.8 Å². The Kier molecular flexibility index (Phi) is 4.13. The molecular weight excluding hydrogens is 194 g/mol. The van der Waals surface area contributed by atoms with Crippen LogP contribution in [-0.2, 0) is 0 Å². The first-order valence-electron chi connectivity index (χ1n) is 3.34. The average Bonchev–Trinajstić information content (AvgIpc) is 2.04. The lowest BCUT2D eigenvalue weighted by Crippen LogP contribution is -2.13. The van der Waals surface area contributed by atoms with Crippen molar-refractivity contribution < 1.29 is 9.90 Å². The summed E-state index contributed by atoms with van der Waals surface area (Å²) >= 11 is 0. The van der Waals surface area contributed by atoms with Crippen LogP contribution >= 0.6 is 12.4 Å². The second kappa shape index (κ2) is 4.61. The number of nitrogens with zero attached hydrogens (tertiary/aromatic N) is 3. The van der Waals surface area contributed by atoms with E-state index >= 15 is 0 Å². The van der Waals surface area contributed by atoms with Gasteiger partial charge in [0.05, 0.1) is 5.56 Å². The molecule has 0 fully saturated rings. The molecular formula is C7H10ClN3O2. The Hall–Kier alpha value is -1.36. The predicted octanol–water partition coefficient (Wildman–Crippen LogP) is 0.663. The highest BCUT2D eigenvalue weighted by Crippen LogP contribution is 2.02. The van der Waals surface area contributed by atoms with Gasteiger partial charge in [-0.3, -0.25) is 0 Å². The second-order valence-corrected chi connectivity index (χ2v) is 2.47. The summed E-state index contributed by atoms with van der Waals surface area (Å²) in [6, 6.07) is 0. The summed E-state index contributed by atoms with van der Waals surface area (Å²) in [6.45, 7) is 0. The first kappa shape index (κ1) is 11.6. The van der Waals surface area contributed by atoms with E-state index in [4.69, 9.17) is 5.11 Å². The molecule has 6 heteroatoms. The molecule has 0 saturated carbocycles. The van der Waals surface area contributed by atoms with Crippen molar-refractivity contribution in [2.75, 3.05) is 19.0 Å². The van der Waals surface area contributed by atoms with Crippen LogP contribution in [0.25, 0.3) is 0 Å². The lowest BCUT2D eigenvalue weighted by Gasteiger charge is -2.08. The van der Waals surface area contributed by atoms with E-state index in [9.17, 15) is 4.79 Å². The fourth-order valence-electron chi connectivity index (χ4n) is 0.663. The van der Waals surface area contributed by atoms with Crippen molar-refractivity contribution in [2.45, 2.75) is 0 Å². The molecule has 0 atom stereocenters. The molecule has 0 bridgehead atoms. The van der Waals surface area contributed by atoms with Crippen molar-refractivity contribution in [1.82, 2.24) is 9.97 Å². The van der Waals surface area contributed by atoms with E-state index in [0.717, 1.165) is 0 Å². The minimum absolute atomic E-state index is 0. The minimum atomic E-state index is -1.01. The molecule has 0 radical (unpaired) electrons. The Balaban J connectivity index is 0.00000144. The van der Waals surface area contributed by atoms with E-state index in [2.05, 4.69) is 9.97 Å². The van der Waals surface area contributed by atoms with E-state index in [1.165, 1.54) is 12.4 Å². The molecule has 1 heterocycles. The number of aromatic nitrogens is 2. The number of carbonyl (C=O) groups is 1. The number of anilines is 1. The largest absolute Gasteiger partial charge is 0.478 e. The first-order chi connectivity index (χ1) is 5.61. The Morgan fingerprint density at radius 2 is 1.85 bits per heavy atom. The van der Waals surface area contributed by atoms with E-state index in [1.807, 2.05) is 0 Å². The molecule has 5 nitrogen and oxygen atoms in total. The number of carboxylic acids is 1. The fourth-order valence-corrected chi connectivity index (χ4v) is 0.663.